The van der Waals surface area contributed by atoms with E-state index < -0.39 is 0 Å². The first-order valence-electron chi connectivity index (χ1n) is 5.86. The lowest BCUT2D eigenvalue weighted by molar-refractivity contribution is -0.128. The van der Waals surface area contributed by atoms with Crippen molar-refractivity contribution in [2.75, 3.05) is 13.1 Å². The number of hydrogen-bond acceptors (Lipinski definition) is 3. The van der Waals surface area contributed by atoms with Gasteiger partial charge in [0.25, 0.3) is 0 Å². The van der Waals surface area contributed by atoms with Crippen LogP contribution in [0.4, 0.5) is 0 Å². The van der Waals surface area contributed by atoms with Crippen molar-refractivity contribution in [1.82, 2.24) is 4.90 Å². The number of β-amino-alcohol motifs (C(OH)–C–C–N with tert-alkyl or cyclic N) is 1. The largest absolute Gasteiger partial charge is 0.462 e. The summed E-state index contributed by atoms with van der Waals surface area (Å²) in [7, 11) is 0. The Morgan fingerprint density at radius 1 is 1.59 bits per heavy atom. The van der Waals surface area contributed by atoms with Gasteiger partial charge in [-0.2, -0.15) is 0 Å². The van der Waals surface area contributed by atoms with Crippen molar-refractivity contribution in [3.8, 4) is 0 Å². The molecule has 1 N–H and O–H groups in total. The molecule has 4 nitrogen and oxygen atoms in total. The molecule has 1 unspecified atom stereocenters. The van der Waals surface area contributed by atoms with Crippen LogP contribution < -0.4 is 0 Å². The van der Waals surface area contributed by atoms with Gasteiger partial charge in [-0.25, -0.2) is 0 Å². The van der Waals surface area contributed by atoms with Gasteiger partial charge in [0.1, 0.15) is 11.5 Å². The van der Waals surface area contributed by atoms with E-state index in [2.05, 4.69) is 0 Å². The molecule has 0 radical (unpaired) electrons. The fourth-order valence-electron chi connectivity index (χ4n) is 1.96. The molecule has 1 aliphatic rings. The van der Waals surface area contributed by atoms with E-state index in [1.54, 1.807) is 11.0 Å². The summed E-state index contributed by atoms with van der Waals surface area (Å²) in [6.45, 7) is 3.01. The van der Waals surface area contributed by atoms with Gasteiger partial charge in [0.15, 0.2) is 0 Å². The summed E-state index contributed by atoms with van der Waals surface area (Å²) < 4.78 is 5.34. The zero-order chi connectivity index (χ0) is 12.3. The second-order valence-electron chi connectivity index (χ2n) is 4.36. The summed E-state index contributed by atoms with van der Waals surface area (Å²) in [5, 5.41) is 9.48. The summed E-state index contributed by atoms with van der Waals surface area (Å²) >= 11 is 0. The highest BCUT2D eigenvalue weighted by atomic mass is 16.3. The molecule has 0 aliphatic carbocycles. The molecule has 1 aromatic heterocycles. The van der Waals surface area contributed by atoms with E-state index in [4.69, 9.17) is 4.42 Å². The zero-order valence-electron chi connectivity index (χ0n) is 9.93. The molecular weight excluding hydrogens is 218 g/mol. The second kappa shape index (κ2) is 5.19. The van der Waals surface area contributed by atoms with Gasteiger partial charge in [-0.1, -0.05) is 0 Å². The number of aliphatic hydroxyl groups excluding tert-OH is 1. The summed E-state index contributed by atoms with van der Waals surface area (Å²) in [5.74, 6) is 1.43. The maximum atomic E-state index is 11.8. The molecular formula is C13H17NO3. The number of aliphatic hydroxyl groups is 1. The molecule has 17 heavy (non-hydrogen) atoms. The minimum atomic E-state index is -0.382. The summed E-state index contributed by atoms with van der Waals surface area (Å²) in [6.07, 6.45) is 4.42. The van der Waals surface area contributed by atoms with E-state index in [0.717, 1.165) is 25.1 Å². The van der Waals surface area contributed by atoms with Crippen LogP contribution in [-0.2, 0) is 4.79 Å². The predicted octanol–water partition coefficient (Wildman–Crippen LogP) is 1.58. The lowest BCUT2D eigenvalue weighted by Crippen LogP contribution is -2.41. The molecule has 4 heteroatoms. The Morgan fingerprint density at radius 2 is 2.41 bits per heavy atom. The monoisotopic (exact) mass is 235 g/mol. The van der Waals surface area contributed by atoms with Crippen molar-refractivity contribution in [3.05, 3.63) is 29.7 Å². The van der Waals surface area contributed by atoms with Crippen molar-refractivity contribution >= 4 is 12.0 Å². The molecule has 0 aromatic carbocycles. The number of aryl methyl sites for hydroxylation is 1. The van der Waals surface area contributed by atoms with Crippen LogP contribution in [0.3, 0.4) is 0 Å². The molecule has 2 heterocycles. The Balaban J connectivity index is 1.94. The molecule has 1 amide bonds. The first kappa shape index (κ1) is 11.9. The molecule has 1 aromatic rings. The Labute approximate surface area is 101 Å². The lowest BCUT2D eigenvalue weighted by Gasteiger charge is -2.29. The first-order valence-corrected chi connectivity index (χ1v) is 5.86. The van der Waals surface area contributed by atoms with Gasteiger partial charge >= 0.3 is 0 Å². The van der Waals surface area contributed by atoms with Crippen molar-refractivity contribution in [3.63, 3.8) is 0 Å². The van der Waals surface area contributed by atoms with Gasteiger partial charge in [0.05, 0.1) is 6.10 Å². The third-order valence-corrected chi connectivity index (χ3v) is 2.86. The van der Waals surface area contributed by atoms with E-state index in [-0.39, 0.29) is 12.0 Å². The molecule has 1 fully saturated rings. The number of carbonyl (C=O) groups is 1. The first-order chi connectivity index (χ1) is 8.15. The maximum absolute atomic E-state index is 11.8. The van der Waals surface area contributed by atoms with Gasteiger partial charge in [0.2, 0.25) is 5.91 Å². The number of likely N-dealkylation sites (tertiary alicyclic amines) is 1. The van der Waals surface area contributed by atoms with Crippen molar-refractivity contribution in [2.24, 2.45) is 0 Å². The number of hydrogen-bond donors (Lipinski definition) is 1. The van der Waals surface area contributed by atoms with Crippen LogP contribution >= 0.6 is 0 Å². The molecule has 1 saturated heterocycles. The molecule has 92 valence electrons. The standard InChI is InChI=1S/C13H17NO3/c1-10-4-5-12(17-10)6-7-13(16)14-8-2-3-11(15)9-14/h4-7,11,15H,2-3,8-9H2,1H3. The van der Waals surface area contributed by atoms with E-state index in [1.807, 2.05) is 19.1 Å². The second-order valence-corrected chi connectivity index (χ2v) is 4.36. The Hall–Kier alpha value is -1.55. The third kappa shape index (κ3) is 3.20. The van der Waals surface area contributed by atoms with Crippen LogP contribution in [0.2, 0.25) is 0 Å². The van der Waals surface area contributed by atoms with Crippen LogP contribution in [0.5, 0.6) is 0 Å². The zero-order valence-corrected chi connectivity index (χ0v) is 9.93. The molecule has 1 aliphatic heterocycles. The van der Waals surface area contributed by atoms with Crippen LogP contribution in [0.25, 0.3) is 6.08 Å². The number of carbonyl (C=O) groups excluding carboxylic acids is 1. The smallest absolute Gasteiger partial charge is 0.246 e. The minimum absolute atomic E-state index is 0.0715. The van der Waals surface area contributed by atoms with Crippen molar-refractivity contribution in [2.45, 2.75) is 25.9 Å². The number of furan rings is 1. The summed E-state index contributed by atoms with van der Waals surface area (Å²) in [4.78, 5) is 13.5. The SMILES string of the molecule is Cc1ccc(C=CC(=O)N2CCCC(O)C2)o1. The lowest BCUT2D eigenvalue weighted by atomic mass is 10.1. The van der Waals surface area contributed by atoms with E-state index in [9.17, 15) is 9.90 Å². The van der Waals surface area contributed by atoms with Crippen LogP contribution in [-0.4, -0.2) is 35.1 Å². The highest BCUT2D eigenvalue weighted by Gasteiger charge is 2.20. The quantitative estimate of drug-likeness (QED) is 0.792. The number of rotatable bonds is 2. The molecule has 0 bridgehead atoms. The van der Waals surface area contributed by atoms with E-state index >= 15 is 0 Å². The summed E-state index contributed by atoms with van der Waals surface area (Å²) in [5.41, 5.74) is 0. The fourth-order valence-corrected chi connectivity index (χ4v) is 1.96. The molecule has 2 rings (SSSR count). The topological polar surface area (TPSA) is 53.7 Å². The molecule has 0 saturated carbocycles. The Bertz CT molecular complexity index is 422. The van der Waals surface area contributed by atoms with Crippen LogP contribution in [0.15, 0.2) is 22.6 Å². The number of amides is 1. The molecule has 0 spiro atoms. The van der Waals surface area contributed by atoms with Gasteiger partial charge in [-0.3, -0.25) is 4.79 Å². The number of piperidine rings is 1. The third-order valence-electron chi connectivity index (χ3n) is 2.86. The highest BCUT2D eigenvalue weighted by Crippen LogP contribution is 2.12. The van der Waals surface area contributed by atoms with E-state index in [0.29, 0.717) is 12.3 Å². The van der Waals surface area contributed by atoms with Crippen molar-refractivity contribution < 1.29 is 14.3 Å². The predicted molar refractivity (Wildman–Crippen MR) is 64.3 cm³/mol. The van der Waals surface area contributed by atoms with Gasteiger partial charge in [-0.15, -0.1) is 0 Å². The van der Waals surface area contributed by atoms with E-state index in [1.165, 1.54) is 6.08 Å². The number of nitrogens with zero attached hydrogens (tertiary/aromatic N) is 1. The van der Waals surface area contributed by atoms with Crippen LogP contribution in [0, 0.1) is 6.92 Å². The average Bonchev–Trinajstić information content (AvgIpc) is 2.72. The minimum Gasteiger partial charge on any atom is -0.462 e. The van der Waals surface area contributed by atoms with Crippen molar-refractivity contribution in [1.29, 1.82) is 0 Å². The molecule has 1 atom stereocenters. The highest BCUT2D eigenvalue weighted by molar-refractivity contribution is 5.91. The fraction of sp³-hybridized carbons (Fsp3) is 0.462. The average molecular weight is 235 g/mol. The Kier molecular flexibility index (Phi) is 3.64. The van der Waals surface area contributed by atoms with Gasteiger partial charge in [-0.05, 0) is 38.0 Å². The summed E-state index contributed by atoms with van der Waals surface area (Å²) in [6, 6.07) is 3.68. The van der Waals surface area contributed by atoms with Gasteiger partial charge in [0, 0.05) is 19.2 Å². The van der Waals surface area contributed by atoms with Crippen LogP contribution in [0.1, 0.15) is 24.4 Å². The maximum Gasteiger partial charge on any atom is 0.246 e. The Morgan fingerprint density at radius 3 is 3.06 bits per heavy atom. The van der Waals surface area contributed by atoms with Gasteiger partial charge < -0.3 is 14.4 Å². The normalized spacial score (nSPS) is 21.1.